The van der Waals surface area contributed by atoms with Gasteiger partial charge in [-0.3, -0.25) is 4.79 Å². The molecule has 1 aliphatic rings. The van der Waals surface area contributed by atoms with E-state index < -0.39 is 11.5 Å². The van der Waals surface area contributed by atoms with Gasteiger partial charge in [-0.1, -0.05) is 32.9 Å². The largest absolute Gasteiger partial charge is 0.393 e. The Morgan fingerprint density at radius 3 is 2.38 bits per heavy atom. The first kappa shape index (κ1) is 16.0. The molecule has 1 saturated carbocycles. The molecular weight excluding hydrogens is 269 g/mol. The van der Waals surface area contributed by atoms with Gasteiger partial charge in [0.15, 0.2) is 0 Å². The van der Waals surface area contributed by atoms with Gasteiger partial charge in [-0.2, -0.15) is 0 Å². The van der Waals surface area contributed by atoms with E-state index in [-0.39, 0.29) is 17.1 Å². The van der Waals surface area contributed by atoms with Crippen molar-refractivity contribution in [3.63, 3.8) is 0 Å². The molecule has 2 rings (SSSR count). The van der Waals surface area contributed by atoms with E-state index in [1.54, 1.807) is 12.1 Å². The van der Waals surface area contributed by atoms with Crippen LogP contribution in [-0.2, 0) is 10.2 Å². The van der Waals surface area contributed by atoms with Crippen LogP contribution >= 0.6 is 0 Å². The Labute approximate surface area is 125 Å². The Kier molecular flexibility index (Phi) is 4.38. The molecule has 116 valence electrons. The lowest BCUT2D eigenvalue weighted by Crippen LogP contribution is -2.38. The molecule has 1 atom stereocenters. The number of hydrogen-bond donors (Lipinski definition) is 2. The molecular formula is C17H24FNO2. The quantitative estimate of drug-likeness (QED) is 0.877. The van der Waals surface area contributed by atoms with Gasteiger partial charge in [-0.05, 0) is 42.4 Å². The first-order valence-electron chi connectivity index (χ1n) is 7.48. The van der Waals surface area contributed by atoms with E-state index in [2.05, 4.69) is 5.32 Å². The van der Waals surface area contributed by atoms with Gasteiger partial charge in [-0.25, -0.2) is 4.39 Å². The minimum atomic E-state index is -0.486. The van der Waals surface area contributed by atoms with Crippen LogP contribution in [0, 0.1) is 11.2 Å². The van der Waals surface area contributed by atoms with Crippen molar-refractivity contribution in [2.75, 3.05) is 6.54 Å². The fraction of sp³-hybridized carbons (Fsp3) is 0.588. The highest BCUT2D eigenvalue weighted by Crippen LogP contribution is 2.48. The van der Waals surface area contributed by atoms with E-state index in [0.717, 1.165) is 18.4 Å². The van der Waals surface area contributed by atoms with E-state index in [1.165, 1.54) is 12.1 Å². The summed E-state index contributed by atoms with van der Waals surface area (Å²) in [7, 11) is 0. The molecule has 1 aromatic carbocycles. The number of nitrogens with one attached hydrogen (secondary N) is 1. The SMILES string of the molecule is CC(C)(C)[C@@H](O)CCNC(=O)C1(c2ccc(F)cc2)CC1. The number of aliphatic hydroxyl groups is 1. The van der Waals surface area contributed by atoms with Crippen LogP contribution in [0.1, 0.15) is 45.6 Å². The second-order valence-electron chi connectivity index (χ2n) is 7.02. The molecule has 0 aliphatic heterocycles. The molecule has 1 aromatic rings. The summed E-state index contributed by atoms with van der Waals surface area (Å²) < 4.78 is 13.0. The number of aliphatic hydroxyl groups excluding tert-OH is 1. The molecule has 3 nitrogen and oxygen atoms in total. The number of halogens is 1. The van der Waals surface area contributed by atoms with E-state index in [1.807, 2.05) is 20.8 Å². The minimum absolute atomic E-state index is 0.0183. The standard InChI is InChI=1S/C17H24FNO2/c1-16(2,3)14(20)8-11-19-15(21)17(9-10-17)12-4-6-13(18)7-5-12/h4-7,14,20H,8-11H2,1-3H3,(H,19,21)/t14-/m0/s1. The van der Waals surface area contributed by atoms with Crippen molar-refractivity contribution in [2.24, 2.45) is 5.41 Å². The van der Waals surface area contributed by atoms with E-state index in [0.29, 0.717) is 13.0 Å². The molecule has 0 saturated heterocycles. The fourth-order valence-corrected chi connectivity index (χ4v) is 2.47. The van der Waals surface area contributed by atoms with Crippen molar-refractivity contribution in [2.45, 2.75) is 51.6 Å². The van der Waals surface area contributed by atoms with Crippen LogP contribution in [0.4, 0.5) is 4.39 Å². The molecule has 21 heavy (non-hydrogen) atoms. The predicted molar refractivity (Wildman–Crippen MR) is 80.4 cm³/mol. The maximum absolute atomic E-state index is 13.0. The fourth-order valence-electron chi connectivity index (χ4n) is 2.47. The zero-order chi connectivity index (χ0) is 15.7. The van der Waals surface area contributed by atoms with Crippen LogP contribution in [0.3, 0.4) is 0 Å². The number of benzene rings is 1. The summed E-state index contributed by atoms with van der Waals surface area (Å²) in [5.74, 6) is -0.307. The van der Waals surface area contributed by atoms with Gasteiger partial charge in [0, 0.05) is 6.54 Å². The van der Waals surface area contributed by atoms with Gasteiger partial charge >= 0.3 is 0 Å². The smallest absolute Gasteiger partial charge is 0.230 e. The zero-order valence-corrected chi connectivity index (χ0v) is 12.9. The van der Waals surface area contributed by atoms with Crippen LogP contribution in [0.2, 0.25) is 0 Å². The third-order valence-electron chi connectivity index (χ3n) is 4.28. The highest BCUT2D eigenvalue weighted by atomic mass is 19.1. The summed E-state index contributed by atoms with van der Waals surface area (Å²) >= 11 is 0. The van der Waals surface area contributed by atoms with Crippen LogP contribution in [-0.4, -0.2) is 23.7 Å². The summed E-state index contributed by atoms with van der Waals surface area (Å²) in [5, 5.41) is 12.9. The Bertz CT molecular complexity index is 501. The topological polar surface area (TPSA) is 49.3 Å². The molecule has 0 unspecified atom stereocenters. The highest BCUT2D eigenvalue weighted by molar-refractivity contribution is 5.91. The molecule has 4 heteroatoms. The van der Waals surface area contributed by atoms with Gasteiger partial charge in [-0.15, -0.1) is 0 Å². The summed E-state index contributed by atoms with van der Waals surface area (Å²) in [4.78, 5) is 12.4. The van der Waals surface area contributed by atoms with Crippen molar-refractivity contribution in [3.8, 4) is 0 Å². The number of hydrogen-bond acceptors (Lipinski definition) is 2. The summed E-state index contributed by atoms with van der Waals surface area (Å²) in [6.45, 7) is 6.38. The van der Waals surface area contributed by atoms with Gasteiger partial charge in [0.1, 0.15) is 5.82 Å². The van der Waals surface area contributed by atoms with Gasteiger partial charge in [0.25, 0.3) is 0 Å². The number of rotatable bonds is 5. The molecule has 1 fully saturated rings. The van der Waals surface area contributed by atoms with Gasteiger partial charge < -0.3 is 10.4 Å². The molecule has 0 radical (unpaired) electrons. The number of amides is 1. The Morgan fingerprint density at radius 2 is 1.90 bits per heavy atom. The molecule has 0 aromatic heterocycles. The van der Waals surface area contributed by atoms with Crippen LogP contribution in [0.15, 0.2) is 24.3 Å². The lowest BCUT2D eigenvalue weighted by molar-refractivity contribution is -0.123. The van der Waals surface area contributed by atoms with E-state index in [4.69, 9.17) is 0 Å². The monoisotopic (exact) mass is 293 g/mol. The Morgan fingerprint density at radius 1 is 1.33 bits per heavy atom. The molecule has 1 aliphatic carbocycles. The van der Waals surface area contributed by atoms with Crippen molar-refractivity contribution in [1.82, 2.24) is 5.32 Å². The summed E-state index contributed by atoms with van der Waals surface area (Å²) in [6.07, 6.45) is 1.69. The average molecular weight is 293 g/mol. The maximum Gasteiger partial charge on any atom is 0.230 e. The number of carbonyl (C=O) groups excluding carboxylic acids is 1. The van der Waals surface area contributed by atoms with E-state index >= 15 is 0 Å². The van der Waals surface area contributed by atoms with Crippen LogP contribution in [0.25, 0.3) is 0 Å². The average Bonchev–Trinajstić information content (AvgIpc) is 3.19. The normalized spacial score (nSPS) is 18.1. The Hall–Kier alpha value is -1.42. The van der Waals surface area contributed by atoms with Crippen LogP contribution < -0.4 is 5.32 Å². The third-order valence-corrected chi connectivity index (χ3v) is 4.28. The first-order valence-corrected chi connectivity index (χ1v) is 7.48. The summed E-state index contributed by atoms with van der Waals surface area (Å²) in [6, 6.07) is 6.16. The maximum atomic E-state index is 13.0. The first-order chi connectivity index (χ1) is 9.75. The lowest BCUT2D eigenvalue weighted by Gasteiger charge is -2.26. The lowest BCUT2D eigenvalue weighted by atomic mass is 9.87. The minimum Gasteiger partial charge on any atom is -0.393 e. The van der Waals surface area contributed by atoms with Crippen molar-refractivity contribution >= 4 is 5.91 Å². The molecule has 0 spiro atoms. The Balaban J connectivity index is 1.90. The molecule has 2 N–H and O–H groups in total. The zero-order valence-electron chi connectivity index (χ0n) is 12.9. The molecule has 0 heterocycles. The second kappa shape index (κ2) is 5.76. The van der Waals surface area contributed by atoms with Crippen molar-refractivity contribution in [1.29, 1.82) is 0 Å². The highest BCUT2D eigenvalue weighted by Gasteiger charge is 2.51. The second-order valence-corrected chi connectivity index (χ2v) is 7.02. The molecule has 1 amide bonds. The van der Waals surface area contributed by atoms with Crippen LogP contribution in [0.5, 0.6) is 0 Å². The predicted octanol–water partition coefficient (Wildman–Crippen LogP) is 2.77. The van der Waals surface area contributed by atoms with Crippen molar-refractivity contribution in [3.05, 3.63) is 35.6 Å². The van der Waals surface area contributed by atoms with Crippen molar-refractivity contribution < 1.29 is 14.3 Å². The molecule has 0 bridgehead atoms. The van der Waals surface area contributed by atoms with E-state index in [9.17, 15) is 14.3 Å². The van der Waals surface area contributed by atoms with Gasteiger partial charge in [0.05, 0.1) is 11.5 Å². The number of carbonyl (C=O) groups is 1. The summed E-state index contributed by atoms with van der Waals surface area (Å²) in [5.41, 5.74) is 0.206. The third kappa shape index (κ3) is 3.62. The van der Waals surface area contributed by atoms with Gasteiger partial charge in [0.2, 0.25) is 5.91 Å².